The van der Waals surface area contributed by atoms with E-state index in [9.17, 15) is 14.0 Å². The van der Waals surface area contributed by atoms with Crippen LogP contribution in [0.3, 0.4) is 0 Å². The molecule has 1 aliphatic carbocycles. The first-order chi connectivity index (χ1) is 11.0. The van der Waals surface area contributed by atoms with Crippen LogP contribution in [0.1, 0.15) is 19.3 Å². The summed E-state index contributed by atoms with van der Waals surface area (Å²) in [5.74, 6) is 0.321. The maximum absolute atomic E-state index is 13.2. The van der Waals surface area contributed by atoms with Crippen LogP contribution < -0.4 is 5.32 Å². The van der Waals surface area contributed by atoms with Crippen LogP contribution in [0, 0.1) is 17.2 Å². The third-order valence-corrected chi connectivity index (χ3v) is 5.51. The number of carbonyl (C=O) groups is 2. The number of carbonyl (C=O) groups excluding carboxylic acids is 2. The van der Waals surface area contributed by atoms with E-state index in [0.717, 1.165) is 32.4 Å². The van der Waals surface area contributed by atoms with Gasteiger partial charge in [0.15, 0.2) is 0 Å². The molecule has 1 atom stereocenters. The number of piperidine rings is 1. The third-order valence-electron chi connectivity index (χ3n) is 4.98. The summed E-state index contributed by atoms with van der Waals surface area (Å²) in [6.45, 7) is 1.48. The molecule has 124 valence electrons. The van der Waals surface area contributed by atoms with E-state index in [-0.39, 0.29) is 29.0 Å². The Labute approximate surface area is 139 Å². The number of likely N-dealkylation sites (tertiary alicyclic amines) is 1. The van der Waals surface area contributed by atoms with Crippen LogP contribution in [0.2, 0.25) is 0 Å². The third kappa shape index (κ3) is 3.52. The van der Waals surface area contributed by atoms with Gasteiger partial charge in [0.1, 0.15) is 5.82 Å². The van der Waals surface area contributed by atoms with E-state index in [1.165, 1.54) is 12.1 Å². The van der Waals surface area contributed by atoms with Crippen LogP contribution in [0.15, 0.2) is 24.3 Å². The minimum Gasteiger partial charge on any atom is -0.342 e. The second-order valence-corrected chi connectivity index (χ2v) is 7.30. The minimum absolute atomic E-state index is 0.0106. The highest BCUT2D eigenvalue weighted by Crippen LogP contribution is 2.59. The number of nitrogens with zero attached hydrogens (tertiary/aromatic N) is 1. The molecule has 1 aromatic carbocycles. The monoisotopic (exact) mass is 336 g/mol. The summed E-state index contributed by atoms with van der Waals surface area (Å²) in [6, 6.07) is 5.97. The zero-order valence-corrected chi connectivity index (χ0v) is 14.0. The summed E-state index contributed by atoms with van der Waals surface area (Å²) < 4.78 is 13.2. The Kier molecular flexibility index (Phi) is 4.62. The van der Waals surface area contributed by atoms with Gasteiger partial charge in [-0.2, -0.15) is 11.8 Å². The van der Waals surface area contributed by atoms with Gasteiger partial charge in [0.25, 0.3) is 0 Å². The van der Waals surface area contributed by atoms with E-state index in [0.29, 0.717) is 11.4 Å². The molecule has 1 aromatic rings. The fourth-order valence-electron chi connectivity index (χ4n) is 3.48. The predicted octanol–water partition coefficient (Wildman–Crippen LogP) is 2.76. The number of halogens is 1. The van der Waals surface area contributed by atoms with E-state index in [1.54, 1.807) is 23.9 Å². The molecule has 1 unspecified atom stereocenters. The van der Waals surface area contributed by atoms with Gasteiger partial charge in [-0.3, -0.25) is 9.59 Å². The fraction of sp³-hybridized carbons (Fsp3) is 0.529. The molecule has 1 saturated carbocycles. The topological polar surface area (TPSA) is 49.4 Å². The lowest BCUT2D eigenvalue weighted by Crippen LogP contribution is -2.41. The van der Waals surface area contributed by atoms with Crippen LogP contribution in [0.5, 0.6) is 0 Å². The number of rotatable bonds is 4. The first-order valence-electron chi connectivity index (χ1n) is 7.87. The van der Waals surface area contributed by atoms with Crippen molar-refractivity contribution in [3.63, 3.8) is 0 Å². The highest BCUT2D eigenvalue weighted by Gasteiger charge is 2.58. The van der Waals surface area contributed by atoms with Gasteiger partial charge < -0.3 is 10.2 Å². The average molecular weight is 336 g/mol. The minimum atomic E-state index is -0.353. The maximum Gasteiger partial charge on any atom is 0.232 e. The maximum atomic E-state index is 13.2. The molecule has 0 aromatic heterocycles. The summed E-state index contributed by atoms with van der Waals surface area (Å²) >= 11 is 1.54. The molecule has 6 heteroatoms. The molecule has 1 heterocycles. The van der Waals surface area contributed by atoms with Crippen molar-refractivity contribution in [2.75, 3.05) is 30.4 Å². The van der Waals surface area contributed by atoms with E-state index < -0.39 is 0 Å². The van der Waals surface area contributed by atoms with Crippen LogP contribution in [-0.4, -0.2) is 41.8 Å². The van der Waals surface area contributed by atoms with Gasteiger partial charge in [0.2, 0.25) is 11.8 Å². The Morgan fingerprint density at radius 2 is 2.13 bits per heavy atom. The Morgan fingerprint density at radius 1 is 1.39 bits per heavy atom. The molecule has 0 bridgehead atoms. The molecular formula is C17H21FN2O2S. The van der Waals surface area contributed by atoms with Gasteiger partial charge in [0.05, 0.1) is 5.75 Å². The van der Waals surface area contributed by atoms with Crippen LogP contribution in [0.4, 0.5) is 10.1 Å². The van der Waals surface area contributed by atoms with Gasteiger partial charge in [-0.15, -0.1) is 0 Å². The molecular weight excluding hydrogens is 315 g/mol. The number of anilines is 1. The van der Waals surface area contributed by atoms with E-state index in [4.69, 9.17) is 0 Å². The Morgan fingerprint density at radius 3 is 2.78 bits per heavy atom. The van der Waals surface area contributed by atoms with Crippen molar-refractivity contribution in [1.82, 2.24) is 4.90 Å². The molecule has 2 aliphatic rings. The Hall–Kier alpha value is -1.56. The highest BCUT2D eigenvalue weighted by molar-refractivity contribution is 7.99. The van der Waals surface area contributed by atoms with Crippen LogP contribution >= 0.6 is 11.8 Å². The van der Waals surface area contributed by atoms with Gasteiger partial charge >= 0.3 is 0 Å². The second-order valence-electron chi connectivity index (χ2n) is 6.43. The molecule has 4 nitrogen and oxygen atoms in total. The van der Waals surface area contributed by atoms with Crippen molar-refractivity contribution in [2.45, 2.75) is 19.3 Å². The molecule has 1 saturated heterocycles. The first kappa shape index (κ1) is 16.3. The molecule has 0 radical (unpaired) electrons. The van der Waals surface area contributed by atoms with Crippen LogP contribution in [-0.2, 0) is 9.59 Å². The van der Waals surface area contributed by atoms with Crippen molar-refractivity contribution in [1.29, 1.82) is 0 Å². The lowest BCUT2D eigenvalue weighted by molar-refractivity contribution is -0.130. The van der Waals surface area contributed by atoms with Crippen molar-refractivity contribution in [3.05, 3.63) is 30.1 Å². The van der Waals surface area contributed by atoms with Crippen molar-refractivity contribution < 1.29 is 14.0 Å². The zero-order valence-electron chi connectivity index (χ0n) is 13.2. The normalized spacial score (nSPS) is 22.0. The second kappa shape index (κ2) is 6.51. The van der Waals surface area contributed by atoms with Crippen LogP contribution in [0.25, 0.3) is 0 Å². The van der Waals surface area contributed by atoms with Crippen molar-refractivity contribution in [3.8, 4) is 0 Å². The van der Waals surface area contributed by atoms with Crippen molar-refractivity contribution in [2.24, 2.45) is 11.3 Å². The van der Waals surface area contributed by atoms with Gasteiger partial charge in [-0.1, -0.05) is 6.07 Å². The number of hydrogen-bond acceptors (Lipinski definition) is 3. The lowest BCUT2D eigenvalue weighted by Gasteiger charge is -2.32. The van der Waals surface area contributed by atoms with E-state index in [2.05, 4.69) is 5.32 Å². The van der Waals surface area contributed by atoms with E-state index >= 15 is 0 Å². The molecule has 3 rings (SSSR count). The van der Waals surface area contributed by atoms with Crippen molar-refractivity contribution >= 4 is 29.3 Å². The molecule has 1 N–H and O–H groups in total. The number of benzene rings is 1. The number of hydrogen-bond donors (Lipinski definition) is 1. The number of thioether (sulfide) groups is 1. The number of amides is 2. The molecule has 2 amide bonds. The van der Waals surface area contributed by atoms with E-state index in [1.807, 2.05) is 11.2 Å². The number of nitrogens with one attached hydrogen (secondary N) is 1. The predicted molar refractivity (Wildman–Crippen MR) is 89.8 cm³/mol. The molecule has 23 heavy (non-hydrogen) atoms. The molecule has 2 fully saturated rings. The average Bonchev–Trinajstić information content (AvgIpc) is 3.22. The van der Waals surface area contributed by atoms with Gasteiger partial charge in [0, 0.05) is 24.7 Å². The summed E-state index contributed by atoms with van der Waals surface area (Å²) in [5.41, 5.74) is 0.553. The molecule has 1 spiro atoms. The van der Waals surface area contributed by atoms with Gasteiger partial charge in [-0.05, 0) is 49.1 Å². The largest absolute Gasteiger partial charge is 0.342 e. The standard InChI is InChI=1S/C17H21FN2O2S/c1-23-11-15(21)20-7-5-17(6-8-20)10-14(17)16(22)19-13-4-2-3-12(18)9-13/h2-4,9,14H,5-8,10-11H2,1H3,(H,19,22). The lowest BCUT2D eigenvalue weighted by atomic mass is 9.90. The quantitative estimate of drug-likeness (QED) is 0.920. The summed E-state index contributed by atoms with van der Waals surface area (Å²) in [5, 5.41) is 2.81. The smallest absolute Gasteiger partial charge is 0.232 e. The highest BCUT2D eigenvalue weighted by atomic mass is 32.2. The zero-order chi connectivity index (χ0) is 16.4. The Bertz CT molecular complexity index is 614. The SMILES string of the molecule is CSCC(=O)N1CCC2(CC1)CC2C(=O)Nc1cccc(F)c1. The fourth-order valence-corrected chi connectivity index (χ4v) is 3.91. The Balaban J connectivity index is 1.53. The first-order valence-corrected chi connectivity index (χ1v) is 9.27. The summed E-state index contributed by atoms with van der Waals surface area (Å²) in [6.07, 6.45) is 4.57. The molecule has 1 aliphatic heterocycles. The summed E-state index contributed by atoms with van der Waals surface area (Å²) in [4.78, 5) is 26.2. The summed E-state index contributed by atoms with van der Waals surface area (Å²) in [7, 11) is 0. The van der Waals surface area contributed by atoms with Gasteiger partial charge in [-0.25, -0.2) is 4.39 Å².